The van der Waals surface area contributed by atoms with Crippen LogP contribution in [0.25, 0.3) is 0 Å². The molecule has 20 heavy (non-hydrogen) atoms. The number of halogens is 1. The fraction of sp³-hybridized carbons (Fsp3) is 0.647. The Morgan fingerprint density at radius 2 is 2.20 bits per heavy atom. The number of rotatable bonds is 4. The van der Waals surface area contributed by atoms with Crippen molar-refractivity contribution in [2.24, 2.45) is 11.8 Å². The van der Waals surface area contributed by atoms with Gasteiger partial charge in [0, 0.05) is 18.0 Å². The fourth-order valence-electron chi connectivity index (χ4n) is 3.89. The summed E-state index contributed by atoms with van der Waals surface area (Å²) in [5.41, 5.74) is 1.03. The average Bonchev–Trinajstić information content (AvgIpc) is 2.96. The van der Waals surface area contributed by atoms with Crippen molar-refractivity contribution in [2.75, 3.05) is 6.54 Å². The quantitative estimate of drug-likeness (QED) is 0.909. The van der Waals surface area contributed by atoms with E-state index in [1.165, 1.54) is 18.9 Å². The zero-order chi connectivity index (χ0) is 14.1. The first kappa shape index (κ1) is 13.9. The first-order chi connectivity index (χ1) is 9.67. The summed E-state index contributed by atoms with van der Waals surface area (Å²) in [7, 11) is 0. The third-order valence-electron chi connectivity index (χ3n) is 5.02. The molecule has 0 spiro atoms. The zero-order valence-electron chi connectivity index (χ0n) is 12.4. The van der Waals surface area contributed by atoms with E-state index in [0.717, 1.165) is 36.6 Å². The SMILES string of the molecule is CCNC1CCC(CC2Cc3cc(F)ccc3O2)C1C. The maximum absolute atomic E-state index is 13.2. The van der Waals surface area contributed by atoms with Gasteiger partial charge in [-0.05, 0) is 55.8 Å². The van der Waals surface area contributed by atoms with Crippen LogP contribution in [-0.4, -0.2) is 18.7 Å². The minimum Gasteiger partial charge on any atom is -0.490 e. The van der Waals surface area contributed by atoms with Crippen molar-refractivity contribution >= 4 is 0 Å². The molecule has 4 atom stereocenters. The van der Waals surface area contributed by atoms with Crippen LogP contribution in [0.1, 0.15) is 38.7 Å². The third-order valence-corrected chi connectivity index (χ3v) is 5.02. The highest BCUT2D eigenvalue weighted by atomic mass is 19.1. The summed E-state index contributed by atoms with van der Waals surface area (Å²) in [5.74, 6) is 2.15. The summed E-state index contributed by atoms with van der Waals surface area (Å²) in [4.78, 5) is 0. The summed E-state index contributed by atoms with van der Waals surface area (Å²) < 4.78 is 19.2. The normalized spacial score (nSPS) is 32.1. The largest absolute Gasteiger partial charge is 0.490 e. The van der Waals surface area contributed by atoms with Gasteiger partial charge < -0.3 is 10.1 Å². The van der Waals surface area contributed by atoms with E-state index in [9.17, 15) is 4.39 Å². The van der Waals surface area contributed by atoms with Gasteiger partial charge in [-0.2, -0.15) is 0 Å². The maximum Gasteiger partial charge on any atom is 0.123 e. The summed E-state index contributed by atoms with van der Waals surface area (Å²) in [6.45, 7) is 5.57. The van der Waals surface area contributed by atoms with E-state index in [0.29, 0.717) is 12.0 Å². The molecule has 1 heterocycles. The van der Waals surface area contributed by atoms with Crippen molar-refractivity contribution < 1.29 is 9.13 Å². The highest BCUT2D eigenvalue weighted by Crippen LogP contribution is 2.38. The monoisotopic (exact) mass is 277 g/mol. The highest BCUT2D eigenvalue weighted by Gasteiger charge is 2.35. The number of ether oxygens (including phenoxy) is 1. The molecular weight excluding hydrogens is 253 g/mol. The van der Waals surface area contributed by atoms with E-state index >= 15 is 0 Å². The molecule has 1 saturated carbocycles. The molecule has 3 rings (SSSR count). The van der Waals surface area contributed by atoms with Crippen LogP contribution in [0.5, 0.6) is 5.75 Å². The Hall–Kier alpha value is -1.09. The van der Waals surface area contributed by atoms with Crippen molar-refractivity contribution in [1.82, 2.24) is 5.32 Å². The van der Waals surface area contributed by atoms with Crippen LogP contribution in [0.2, 0.25) is 0 Å². The topological polar surface area (TPSA) is 21.3 Å². The highest BCUT2D eigenvalue weighted by molar-refractivity contribution is 5.37. The lowest BCUT2D eigenvalue weighted by atomic mass is 9.89. The number of hydrogen-bond acceptors (Lipinski definition) is 2. The van der Waals surface area contributed by atoms with Gasteiger partial charge in [0.05, 0.1) is 0 Å². The lowest BCUT2D eigenvalue weighted by Gasteiger charge is -2.23. The molecule has 1 aliphatic heterocycles. The molecule has 0 amide bonds. The first-order valence-electron chi connectivity index (χ1n) is 7.85. The smallest absolute Gasteiger partial charge is 0.123 e. The molecule has 0 saturated heterocycles. The molecule has 3 heteroatoms. The lowest BCUT2D eigenvalue weighted by molar-refractivity contribution is 0.177. The van der Waals surface area contributed by atoms with E-state index < -0.39 is 0 Å². The Labute approximate surface area is 120 Å². The van der Waals surface area contributed by atoms with E-state index in [1.54, 1.807) is 12.1 Å². The van der Waals surface area contributed by atoms with E-state index in [2.05, 4.69) is 19.2 Å². The Morgan fingerprint density at radius 1 is 1.35 bits per heavy atom. The van der Waals surface area contributed by atoms with Gasteiger partial charge >= 0.3 is 0 Å². The van der Waals surface area contributed by atoms with Gasteiger partial charge in [0.25, 0.3) is 0 Å². The van der Waals surface area contributed by atoms with Crippen LogP contribution in [0, 0.1) is 17.7 Å². The summed E-state index contributed by atoms with van der Waals surface area (Å²) >= 11 is 0. The number of hydrogen-bond donors (Lipinski definition) is 1. The predicted octanol–water partition coefficient (Wildman–Crippen LogP) is 3.54. The van der Waals surface area contributed by atoms with Gasteiger partial charge in [0.15, 0.2) is 0 Å². The van der Waals surface area contributed by atoms with Crippen molar-refractivity contribution in [1.29, 1.82) is 0 Å². The van der Waals surface area contributed by atoms with E-state index in [-0.39, 0.29) is 11.9 Å². The van der Waals surface area contributed by atoms with Gasteiger partial charge in [0.1, 0.15) is 17.7 Å². The maximum atomic E-state index is 13.2. The Bertz CT molecular complexity index is 476. The van der Waals surface area contributed by atoms with Gasteiger partial charge in [-0.1, -0.05) is 13.8 Å². The van der Waals surface area contributed by atoms with E-state index in [1.807, 2.05) is 0 Å². The van der Waals surface area contributed by atoms with Gasteiger partial charge in [-0.3, -0.25) is 0 Å². The molecule has 110 valence electrons. The molecule has 0 bridgehead atoms. The molecule has 2 nitrogen and oxygen atoms in total. The summed E-state index contributed by atoms with van der Waals surface area (Å²) in [6.07, 6.45) is 4.75. The molecule has 1 aromatic carbocycles. The van der Waals surface area contributed by atoms with Crippen LogP contribution in [0.3, 0.4) is 0 Å². The van der Waals surface area contributed by atoms with Gasteiger partial charge in [-0.15, -0.1) is 0 Å². The number of fused-ring (bicyclic) bond motifs is 1. The second-order valence-electron chi connectivity index (χ2n) is 6.29. The molecule has 0 aromatic heterocycles. The van der Waals surface area contributed by atoms with Crippen LogP contribution in [0.4, 0.5) is 4.39 Å². The Balaban J connectivity index is 1.58. The summed E-state index contributed by atoms with van der Waals surface area (Å²) in [5, 5.41) is 3.58. The molecule has 1 N–H and O–H groups in total. The van der Waals surface area contributed by atoms with Crippen molar-refractivity contribution in [2.45, 2.75) is 51.7 Å². The van der Waals surface area contributed by atoms with Crippen LogP contribution in [0.15, 0.2) is 18.2 Å². The Morgan fingerprint density at radius 3 is 3.00 bits per heavy atom. The van der Waals surface area contributed by atoms with Crippen LogP contribution < -0.4 is 10.1 Å². The van der Waals surface area contributed by atoms with Gasteiger partial charge in [0.2, 0.25) is 0 Å². The van der Waals surface area contributed by atoms with Crippen molar-refractivity contribution in [3.63, 3.8) is 0 Å². The first-order valence-corrected chi connectivity index (χ1v) is 7.85. The summed E-state index contributed by atoms with van der Waals surface area (Å²) in [6, 6.07) is 5.53. The molecule has 2 aliphatic rings. The second-order valence-corrected chi connectivity index (χ2v) is 6.29. The third kappa shape index (κ3) is 2.69. The van der Waals surface area contributed by atoms with Gasteiger partial charge in [-0.25, -0.2) is 4.39 Å². The van der Waals surface area contributed by atoms with Crippen molar-refractivity contribution in [3.05, 3.63) is 29.6 Å². The molecule has 1 fully saturated rings. The molecule has 4 unspecified atom stereocenters. The lowest BCUT2D eigenvalue weighted by Crippen LogP contribution is -2.33. The Kier molecular flexibility index (Phi) is 3.97. The standard InChI is InChI=1S/C17H24FNO/c1-3-19-16-6-4-12(11(16)2)9-15-10-13-8-14(18)5-7-17(13)20-15/h5,7-8,11-12,15-16,19H,3-4,6,9-10H2,1-2H3. The number of benzene rings is 1. The molecule has 1 aliphatic carbocycles. The van der Waals surface area contributed by atoms with Crippen LogP contribution in [-0.2, 0) is 6.42 Å². The average molecular weight is 277 g/mol. The van der Waals surface area contributed by atoms with E-state index in [4.69, 9.17) is 4.74 Å². The molecule has 1 aromatic rings. The van der Waals surface area contributed by atoms with Crippen LogP contribution >= 0.6 is 0 Å². The predicted molar refractivity (Wildman–Crippen MR) is 78.5 cm³/mol. The minimum atomic E-state index is -0.158. The fourth-order valence-corrected chi connectivity index (χ4v) is 3.89. The molecular formula is C17H24FNO. The zero-order valence-corrected chi connectivity index (χ0v) is 12.4. The minimum absolute atomic E-state index is 0.158. The number of nitrogens with one attached hydrogen (secondary N) is 1. The van der Waals surface area contributed by atoms with Crippen molar-refractivity contribution in [3.8, 4) is 5.75 Å². The second kappa shape index (κ2) is 5.72. The molecule has 0 radical (unpaired) electrons.